The van der Waals surface area contributed by atoms with Crippen LogP contribution in [0, 0.1) is 20.8 Å². The summed E-state index contributed by atoms with van der Waals surface area (Å²) in [4.78, 5) is 13.1. The number of hydrogen-bond donors (Lipinski definition) is 0. The largest absolute Gasteiger partial charge is 0.493 e. The molecule has 0 spiro atoms. The maximum absolute atomic E-state index is 13.1. The molecule has 2 aromatic rings. The molecule has 0 saturated carbocycles. The molecule has 0 aromatic heterocycles. The standard InChI is InChI=1S/C24H33O3P.Li/c1-6-8-12-26-20-10-11-22(21(16-20)27-13-9-7-2)28-24(25)23-18(4)14-17(3)15-19(23)5;/h10-11,14-16,28H,6-9,12-13H2,1-5H3;. The first kappa shape index (κ1) is 25.8. The summed E-state index contributed by atoms with van der Waals surface area (Å²) in [6.07, 6.45) is 4.20. The fraction of sp³-hybridized carbons (Fsp3) is 0.458. The van der Waals surface area contributed by atoms with Crippen molar-refractivity contribution in [2.75, 3.05) is 13.2 Å². The number of hydrogen-bond acceptors (Lipinski definition) is 3. The monoisotopic (exact) mass is 407 g/mol. The molecule has 0 N–H and O–H groups in total. The second-order valence-corrected chi connectivity index (χ2v) is 8.53. The minimum atomic E-state index is 0. The molecule has 1 atom stereocenters. The summed E-state index contributed by atoms with van der Waals surface area (Å²) in [6.45, 7) is 11.7. The third kappa shape index (κ3) is 7.82. The van der Waals surface area contributed by atoms with Crippen molar-refractivity contribution in [3.63, 3.8) is 0 Å². The van der Waals surface area contributed by atoms with Crippen LogP contribution >= 0.6 is 8.58 Å². The minimum Gasteiger partial charge on any atom is -0.493 e. The topological polar surface area (TPSA) is 35.5 Å². The number of unbranched alkanes of at least 4 members (excludes halogenated alkanes) is 2. The second kappa shape index (κ2) is 13.1. The van der Waals surface area contributed by atoms with Crippen molar-refractivity contribution in [3.05, 3.63) is 52.6 Å². The number of ether oxygens (including phenoxy) is 2. The van der Waals surface area contributed by atoms with Gasteiger partial charge in [0, 0.05) is 35.8 Å². The number of benzene rings is 2. The second-order valence-electron chi connectivity index (χ2n) is 7.29. The fourth-order valence-electron chi connectivity index (χ4n) is 3.20. The van der Waals surface area contributed by atoms with Crippen LogP contribution in [0.5, 0.6) is 11.5 Å². The normalized spacial score (nSPS) is 10.8. The van der Waals surface area contributed by atoms with Crippen molar-refractivity contribution in [1.82, 2.24) is 0 Å². The molecule has 29 heavy (non-hydrogen) atoms. The summed E-state index contributed by atoms with van der Waals surface area (Å²) in [7, 11) is 0.0353. The van der Waals surface area contributed by atoms with E-state index in [0.717, 1.165) is 59.2 Å². The fourth-order valence-corrected chi connectivity index (χ4v) is 4.40. The Balaban J connectivity index is 0.00000420. The Bertz CT molecular complexity index is 782. The SMILES string of the molecule is CCCCOc1ccc(PC(=O)c2c(C)cc(C)cc2C)c(OCCCC)c1.[Li]. The van der Waals surface area contributed by atoms with E-state index in [9.17, 15) is 4.79 Å². The van der Waals surface area contributed by atoms with Gasteiger partial charge in [0.2, 0.25) is 0 Å². The summed E-state index contributed by atoms with van der Waals surface area (Å²) in [5.41, 5.74) is 4.28. The van der Waals surface area contributed by atoms with Crippen molar-refractivity contribution >= 4 is 38.3 Å². The molecule has 0 fully saturated rings. The summed E-state index contributed by atoms with van der Waals surface area (Å²) in [5.74, 6) is 1.58. The zero-order valence-electron chi connectivity index (χ0n) is 18.9. The zero-order chi connectivity index (χ0) is 20.5. The first-order valence-electron chi connectivity index (χ1n) is 10.2. The Morgan fingerprint density at radius 1 is 0.897 bits per heavy atom. The average Bonchev–Trinajstić information content (AvgIpc) is 2.63. The summed E-state index contributed by atoms with van der Waals surface area (Å²) < 4.78 is 11.8. The number of carbonyl (C=O) groups excluding carboxylic acids is 1. The Labute approximate surface area is 189 Å². The molecule has 0 aliphatic heterocycles. The smallest absolute Gasteiger partial charge is 0.186 e. The number of aryl methyl sites for hydroxylation is 3. The molecule has 0 amide bonds. The van der Waals surface area contributed by atoms with Crippen LogP contribution in [0.1, 0.15) is 66.6 Å². The van der Waals surface area contributed by atoms with Crippen LogP contribution in [0.2, 0.25) is 0 Å². The number of carbonyl (C=O) groups is 1. The molecule has 1 radical (unpaired) electrons. The van der Waals surface area contributed by atoms with Gasteiger partial charge in [-0.15, -0.1) is 0 Å². The maximum Gasteiger partial charge on any atom is 0.186 e. The van der Waals surface area contributed by atoms with E-state index in [4.69, 9.17) is 9.47 Å². The van der Waals surface area contributed by atoms with Crippen LogP contribution in [0.25, 0.3) is 0 Å². The van der Waals surface area contributed by atoms with Gasteiger partial charge in [0.25, 0.3) is 0 Å². The third-order valence-electron chi connectivity index (χ3n) is 4.63. The summed E-state index contributed by atoms with van der Waals surface area (Å²) >= 11 is 0. The van der Waals surface area contributed by atoms with Crippen molar-refractivity contribution in [1.29, 1.82) is 0 Å². The molecule has 2 aromatic carbocycles. The van der Waals surface area contributed by atoms with Crippen LogP contribution in [0.4, 0.5) is 0 Å². The molecule has 0 heterocycles. The van der Waals surface area contributed by atoms with E-state index in [1.807, 2.05) is 32.0 Å². The Hall–Kier alpha value is -1.26. The van der Waals surface area contributed by atoms with Crippen LogP contribution in [0.15, 0.2) is 30.3 Å². The van der Waals surface area contributed by atoms with Gasteiger partial charge >= 0.3 is 0 Å². The molecule has 0 aliphatic rings. The predicted molar refractivity (Wildman–Crippen MR) is 126 cm³/mol. The van der Waals surface area contributed by atoms with E-state index in [1.54, 1.807) is 0 Å². The molecule has 5 heteroatoms. The molecular weight excluding hydrogens is 374 g/mol. The summed E-state index contributed by atoms with van der Waals surface area (Å²) in [5, 5.41) is 0.948. The van der Waals surface area contributed by atoms with Gasteiger partial charge in [-0.1, -0.05) is 44.4 Å². The quantitative estimate of drug-likeness (QED) is 0.271. The first-order chi connectivity index (χ1) is 13.5. The maximum atomic E-state index is 13.1. The average molecular weight is 407 g/mol. The molecule has 2 rings (SSSR count). The van der Waals surface area contributed by atoms with Gasteiger partial charge in [0.05, 0.1) is 13.2 Å². The van der Waals surface area contributed by atoms with Gasteiger partial charge in [0.1, 0.15) is 11.5 Å². The van der Waals surface area contributed by atoms with Gasteiger partial charge < -0.3 is 9.47 Å². The van der Waals surface area contributed by atoms with Crippen molar-refractivity contribution in [2.45, 2.75) is 60.3 Å². The van der Waals surface area contributed by atoms with Crippen LogP contribution in [0.3, 0.4) is 0 Å². The third-order valence-corrected chi connectivity index (χ3v) is 5.79. The van der Waals surface area contributed by atoms with Gasteiger partial charge in [0.15, 0.2) is 5.52 Å². The Kier molecular flexibility index (Phi) is 11.7. The van der Waals surface area contributed by atoms with E-state index in [0.29, 0.717) is 13.2 Å². The first-order valence-corrected chi connectivity index (χ1v) is 11.2. The van der Waals surface area contributed by atoms with Gasteiger partial charge in [-0.05, 0) is 65.5 Å². The minimum absolute atomic E-state index is 0. The van der Waals surface area contributed by atoms with Crippen molar-refractivity contribution in [3.8, 4) is 11.5 Å². The van der Waals surface area contributed by atoms with E-state index in [2.05, 4.69) is 32.9 Å². The molecule has 0 aliphatic carbocycles. The van der Waals surface area contributed by atoms with Crippen molar-refractivity contribution in [2.24, 2.45) is 0 Å². The molecule has 1 unspecified atom stereocenters. The van der Waals surface area contributed by atoms with E-state index in [1.165, 1.54) is 5.56 Å². The van der Waals surface area contributed by atoms with Crippen LogP contribution in [-0.4, -0.2) is 37.6 Å². The number of rotatable bonds is 11. The van der Waals surface area contributed by atoms with E-state index < -0.39 is 0 Å². The van der Waals surface area contributed by atoms with Crippen LogP contribution < -0.4 is 14.8 Å². The Morgan fingerprint density at radius 3 is 2.07 bits per heavy atom. The van der Waals surface area contributed by atoms with E-state index in [-0.39, 0.29) is 33.0 Å². The van der Waals surface area contributed by atoms with Gasteiger partial charge in [-0.25, -0.2) is 0 Å². The van der Waals surface area contributed by atoms with E-state index >= 15 is 0 Å². The predicted octanol–water partition coefficient (Wildman–Crippen LogP) is 5.73. The van der Waals surface area contributed by atoms with Crippen molar-refractivity contribution < 1.29 is 14.3 Å². The Morgan fingerprint density at radius 2 is 1.48 bits per heavy atom. The van der Waals surface area contributed by atoms with Gasteiger partial charge in [-0.3, -0.25) is 4.79 Å². The molecule has 0 bridgehead atoms. The molecule has 3 nitrogen and oxygen atoms in total. The molecular formula is C24H33LiO3P. The zero-order valence-corrected chi connectivity index (χ0v) is 19.9. The van der Waals surface area contributed by atoms with Gasteiger partial charge in [-0.2, -0.15) is 0 Å². The molecule has 0 saturated heterocycles. The van der Waals surface area contributed by atoms with Crippen LogP contribution in [-0.2, 0) is 0 Å². The summed E-state index contributed by atoms with van der Waals surface area (Å²) in [6, 6.07) is 10.0. The molecule has 153 valence electrons.